The zero-order valence-corrected chi connectivity index (χ0v) is 14.0. The summed E-state index contributed by atoms with van der Waals surface area (Å²) in [5.41, 5.74) is 2.39. The number of benzene rings is 1. The minimum Gasteiger partial charge on any atom is -0.350 e. The molecule has 1 N–H and O–H groups in total. The Balaban J connectivity index is 1.51. The summed E-state index contributed by atoms with van der Waals surface area (Å²) in [5, 5.41) is 3.73. The molecule has 1 saturated carbocycles. The summed E-state index contributed by atoms with van der Waals surface area (Å²) in [6.45, 7) is 0.423. The standard InChI is InChI=1S/C19H18ClN3O/c20-15-7-8-17-22-16(13-23(17)12-15)11-21-18(24)19(9-4-10-19)14-5-2-1-3-6-14/h1-3,5-8,12-13H,4,9-11H2,(H,21,24). The van der Waals surface area contributed by atoms with E-state index in [4.69, 9.17) is 11.6 Å². The van der Waals surface area contributed by atoms with Crippen LogP contribution in [0.5, 0.6) is 0 Å². The number of hydrogen-bond acceptors (Lipinski definition) is 2. The van der Waals surface area contributed by atoms with Crippen LogP contribution in [0.4, 0.5) is 0 Å². The van der Waals surface area contributed by atoms with Gasteiger partial charge in [-0.05, 0) is 30.5 Å². The van der Waals surface area contributed by atoms with Crippen molar-refractivity contribution in [2.75, 3.05) is 0 Å². The van der Waals surface area contributed by atoms with Crippen LogP contribution in [-0.2, 0) is 16.8 Å². The highest BCUT2D eigenvalue weighted by atomic mass is 35.5. The topological polar surface area (TPSA) is 46.4 Å². The fourth-order valence-electron chi connectivity index (χ4n) is 3.38. The highest BCUT2D eigenvalue weighted by Crippen LogP contribution is 2.43. The number of rotatable bonds is 4. The summed E-state index contributed by atoms with van der Waals surface area (Å²) in [6, 6.07) is 13.7. The minimum atomic E-state index is -0.371. The first-order chi connectivity index (χ1) is 11.7. The van der Waals surface area contributed by atoms with Crippen molar-refractivity contribution in [2.45, 2.75) is 31.2 Å². The number of carbonyl (C=O) groups is 1. The predicted molar refractivity (Wildman–Crippen MR) is 94.0 cm³/mol. The molecule has 1 amide bonds. The van der Waals surface area contributed by atoms with Gasteiger partial charge in [0.05, 0.1) is 22.7 Å². The van der Waals surface area contributed by atoms with Gasteiger partial charge in [-0.1, -0.05) is 48.4 Å². The molecule has 1 fully saturated rings. The molecule has 122 valence electrons. The van der Waals surface area contributed by atoms with E-state index < -0.39 is 0 Å². The molecule has 1 aromatic carbocycles. The number of carbonyl (C=O) groups excluding carboxylic acids is 1. The highest BCUT2D eigenvalue weighted by molar-refractivity contribution is 6.30. The molecule has 0 spiro atoms. The first kappa shape index (κ1) is 15.2. The average Bonchev–Trinajstić information content (AvgIpc) is 2.95. The lowest BCUT2D eigenvalue weighted by Gasteiger charge is -2.40. The van der Waals surface area contributed by atoms with Crippen molar-refractivity contribution >= 4 is 23.2 Å². The third-order valence-corrected chi connectivity index (χ3v) is 5.09. The van der Waals surface area contributed by atoms with E-state index in [0.717, 1.165) is 36.2 Å². The molecule has 1 aliphatic rings. The van der Waals surface area contributed by atoms with Gasteiger partial charge in [-0.2, -0.15) is 0 Å². The summed E-state index contributed by atoms with van der Waals surface area (Å²) < 4.78 is 1.88. The highest BCUT2D eigenvalue weighted by Gasteiger charge is 2.45. The van der Waals surface area contributed by atoms with E-state index in [2.05, 4.69) is 10.3 Å². The third-order valence-electron chi connectivity index (χ3n) is 4.86. The summed E-state index contributed by atoms with van der Waals surface area (Å²) in [5.74, 6) is 0.0926. The Morgan fingerprint density at radius 1 is 1.17 bits per heavy atom. The molecule has 2 aromatic heterocycles. The number of hydrogen-bond donors (Lipinski definition) is 1. The second kappa shape index (κ2) is 5.95. The average molecular weight is 340 g/mol. The number of nitrogens with zero attached hydrogens (tertiary/aromatic N) is 2. The molecule has 0 bridgehead atoms. The summed E-state index contributed by atoms with van der Waals surface area (Å²) in [6.07, 6.45) is 6.62. The van der Waals surface area contributed by atoms with Gasteiger partial charge < -0.3 is 9.72 Å². The largest absolute Gasteiger partial charge is 0.350 e. The molecular weight excluding hydrogens is 322 g/mol. The van der Waals surface area contributed by atoms with Crippen LogP contribution in [0, 0.1) is 0 Å². The second-order valence-electron chi connectivity index (χ2n) is 6.33. The number of pyridine rings is 1. The Morgan fingerprint density at radius 3 is 2.67 bits per heavy atom. The Morgan fingerprint density at radius 2 is 1.96 bits per heavy atom. The fraction of sp³-hybridized carbons (Fsp3) is 0.263. The van der Waals surface area contributed by atoms with Gasteiger partial charge in [0.15, 0.2) is 0 Å². The van der Waals surface area contributed by atoms with Crippen molar-refractivity contribution in [3.8, 4) is 0 Å². The van der Waals surface area contributed by atoms with Crippen LogP contribution in [0.2, 0.25) is 5.02 Å². The molecule has 0 radical (unpaired) electrons. The number of halogens is 1. The predicted octanol–water partition coefficient (Wildman–Crippen LogP) is 3.73. The first-order valence-corrected chi connectivity index (χ1v) is 8.52. The van der Waals surface area contributed by atoms with E-state index in [0.29, 0.717) is 11.6 Å². The number of imidazole rings is 1. The number of amides is 1. The van der Waals surface area contributed by atoms with E-state index >= 15 is 0 Å². The molecule has 0 aliphatic heterocycles. The van der Waals surface area contributed by atoms with Crippen molar-refractivity contribution in [1.82, 2.24) is 14.7 Å². The molecule has 0 saturated heterocycles. The molecule has 0 unspecified atom stereocenters. The van der Waals surface area contributed by atoms with Crippen LogP contribution >= 0.6 is 11.6 Å². The SMILES string of the molecule is O=C(NCc1cn2cc(Cl)ccc2n1)C1(c2ccccc2)CCC1. The first-order valence-electron chi connectivity index (χ1n) is 8.14. The summed E-state index contributed by atoms with van der Waals surface area (Å²) in [4.78, 5) is 17.3. The van der Waals surface area contributed by atoms with Crippen LogP contribution in [-0.4, -0.2) is 15.3 Å². The second-order valence-corrected chi connectivity index (χ2v) is 6.77. The van der Waals surface area contributed by atoms with Crippen molar-refractivity contribution in [1.29, 1.82) is 0 Å². The molecule has 4 rings (SSSR count). The van der Waals surface area contributed by atoms with Gasteiger partial charge in [-0.15, -0.1) is 0 Å². The van der Waals surface area contributed by atoms with Gasteiger partial charge in [0.25, 0.3) is 0 Å². The van der Waals surface area contributed by atoms with Crippen LogP contribution in [0.15, 0.2) is 54.9 Å². The number of aromatic nitrogens is 2. The third kappa shape index (κ3) is 2.57. The monoisotopic (exact) mass is 339 g/mol. The lowest BCUT2D eigenvalue weighted by molar-refractivity contribution is -0.130. The van der Waals surface area contributed by atoms with Crippen LogP contribution in [0.3, 0.4) is 0 Å². The number of fused-ring (bicyclic) bond motifs is 1. The van der Waals surface area contributed by atoms with E-state index in [1.54, 1.807) is 0 Å². The van der Waals surface area contributed by atoms with Crippen molar-refractivity contribution < 1.29 is 4.79 Å². The maximum atomic E-state index is 12.8. The molecule has 4 nitrogen and oxygen atoms in total. The Labute approximate surface area is 145 Å². The Kier molecular flexibility index (Phi) is 3.77. The van der Waals surface area contributed by atoms with E-state index in [9.17, 15) is 4.79 Å². The molecule has 5 heteroatoms. The zero-order valence-electron chi connectivity index (χ0n) is 13.2. The smallest absolute Gasteiger partial charge is 0.230 e. The number of nitrogens with one attached hydrogen (secondary N) is 1. The lowest BCUT2D eigenvalue weighted by atomic mass is 9.64. The van der Waals surface area contributed by atoms with Gasteiger partial charge >= 0.3 is 0 Å². The van der Waals surface area contributed by atoms with Crippen LogP contribution in [0.1, 0.15) is 30.5 Å². The molecule has 2 heterocycles. The maximum Gasteiger partial charge on any atom is 0.230 e. The van der Waals surface area contributed by atoms with Crippen LogP contribution < -0.4 is 5.32 Å². The molecule has 3 aromatic rings. The van der Waals surface area contributed by atoms with E-state index in [1.807, 2.05) is 59.3 Å². The quantitative estimate of drug-likeness (QED) is 0.787. The molecular formula is C19H18ClN3O. The lowest BCUT2D eigenvalue weighted by Crippen LogP contribution is -2.49. The summed E-state index contributed by atoms with van der Waals surface area (Å²) >= 11 is 5.99. The molecule has 1 aliphatic carbocycles. The van der Waals surface area contributed by atoms with Gasteiger partial charge in [0.1, 0.15) is 5.65 Å². The zero-order chi connectivity index (χ0) is 16.6. The van der Waals surface area contributed by atoms with Crippen molar-refractivity contribution in [3.63, 3.8) is 0 Å². The van der Waals surface area contributed by atoms with E-state index in [-0.39, 0.29) is 11.3 Å². The molecule has 24 heavy (non-hydrogen) atoms. The minimum absolute atomic E-state index is 0.0926. The van der Waals surface area contributed by atoms with Gasteiger partial charge in [0, 0.05) is 12.4 Å². The van der Waals surface area contributed by atoms with Crippen molar-refractivity contribution in [3.05, 3.63) is 71.1 Å². The van der Waals surface area contributed by atoms with Gasteiger partial charge in [0.2, 0.25) is 5.91 Å². The van der Waals surface area contributed by atoms with Gasteiger partial charge in [-0.25, -0.2) is 4.98 Å². The Hall–Kier alpha value is -2.33. The maximum absolute atomic E-state index is 12.8. The molecule has 0 atom stereocenters. The van der Waals surface area contributed by atoms with Crippen LogP contribution in [0.25, 0.3) is 5.65 Å². The normalized spacial score (nSPS) is 15.9. The summed E-state index contributed by atoms with van der Waals surface area (Å²) in [7, 11) is 0. The Bertz CT molecular complexity index is 884. The van der Waals surface area contributed by atoms with Gasteiger partial charge in [-0.3, -0.25) is 4.79 Å². The fourth-order valence-corrected chi connectivity index (χ4v) is 3.54. The van der Waals surface area contributed by atoms with Crippen molar-refractivity contribution in [2.24, 2.45) is 0 Å². The van der Waals surface area contributed by atoms with E-state index in [1.165, 1.54) is 0 Å².